The van der Waals surface area contributed by atoms with Crippen molar-refractivity contribution in [2.75, 3.05) is 16.8 Å². The summed E-state index contributed by atoms with van der Waals surface area (Å²) in [6, 6.07) is 9.91. The van der Waals surface area contributed by atoms with Crippen LogP contribution in [0.15, 0.2) is 48.6 Å². The molecule has 8 heteroatoms. The highest BCUT2D eigenvalue weighted by molar-refractivity contribution is 6.35. The lowest BCUT2D eigenvalue weighted by Gasteiger charge is -2.33. The number of halogens is 2. The quantitative estimate of drug-likeness (QED) is 0.624. The third-order valence-corrected chi connectivity index (χ3v) is 4.96. The molecular weight excluding hydrogens is 427 g/mol. The lowest BCUT2D eigenvalue weighted by molar-refractivity contribution is -0.125. The van der Waals surface area contributed by atoms with Crippen LogP contribution in [0.3, 0.4) is 0 Å². The number of hydrogen-bond donors (Lipinski definition) is 1. The van der Waals surface area contributed by atoms with E-state index in [2.05, 4.69) is 11.9 Å². The Balaban J connectivity index is 1.74. The van der Waals surface area contributed by atoms with Crippen LogP contribution in [0, 0.1) is 0 Å². The van der Waals surface area contributed by atoms with Gasteiger partial charge in [-0.3, -0.25) is 9.59 Å². The molecule has 0 fully saturated rings. The van der Waals surface area contributed by atoms with Crippen LogP contribution in [-0.2, 0) is 9.59 Å². The molecule has 0 spiro atoms. The summed E-state index contributed by atoms with van der Waals surface area (Å²) in [5.41, 5.74) is 2.01. The molecule has 0 bridgehead atoms. The number of ether oxygens (including phenoxy) is 2. The molecule has 2 aromatic rings. The summed E-state index contributed by atoms with van der Waals surface area (Å²) in [6.45, 7) is 9.44. The molecule has 30 heavy (non-hydrogen) atoms. The molecule has 0 radical (unpaired) electrons. The zero-order valence-electron chi connectivity index (χ0n) is 16.9. The average Bonchev–Trinajstić information content (AvgIpc) is 2.67. The summed E-state index contributed by atoms with van der Waals surface area (Å²) < 4.78 is 11.4. The first-order valence-electron chi connectivity index (χ1n) is 9.34. The number of hydrogen-bond acceptors (Lipinski definition) is 4. The van der Waals surface area contributed by atoms with E-state index in [1.807, 2.05) is 6.92 Å². The number of nitrogens with zero attached hydrogens (tertiary/aromatic N) is 1. The van der Waals surface area contributed by atoms with Crippen molar-refractivity contribution in [3.05, 3.63) is 58.6 Å². The van der Waals surface area contributed by atoms with Crippen molar-refractivity contribution in [1.29, 1.82) is 0 Å². The van der Waals surface area contributed by atoms with Gasteiger partial charge in [0.05, 0.1) is 10.7 Å². The third kappa shape index (κ3) is 4.89. The Bertz CT molecular complexity index is 1010. The molecule has 0 aromatic heterocycles. The summed E-state index contributed by atoms with van der Waals surface area (Å²) in [6.07, 6.45) is -1.43. The van der Waals surface area contributed by atoms with Gasteiger partial charge >= 0.3 is 0 Å². The summed E-state index contributed by atoms with van der Waals surface area (Å²) in [4.78, 5) is 26.6. The first-order valence-corrected chi connectivity index (χ1v) is 10.1. The second-order valence-electron chi connectivity index (χ2n) is 7.15. The van der Waals surface area contributed by atoms with Gasteiger partial charge in [0.15, 0.2) is 12.2 Å². The predicted octanol–water partition coefficient (Wildman–Crippen LogP) is 5.09. The predicted molar refractivity (Wildman–Crippen MR) is 119 cm³/mol. The number of amides is 2. The Kier molecular flexibility index (Phi) is 6.58. The van der Waals surface area contributed by atoms with Crippen LogP contribution in [0.4, 0.5) is 11.4 Å². The van der Waals surface area contributed by atoms with Gasteiger partial charge in [0.1, 0.15) is 11.5 Å². The average molecular weight is 449 g/mol. The van der Waals surface area contributed by atoms with Gasteiger partial charge in [0, 0.05) is 23.3 Å². The molecule has 0 aliphatic carbocycles. The maximum atomic E-state index is 12.6. The normalized spacial score (nSPS) is 16.4. The SMILES string of the molecule is C=C(C)CN1C(=O)C(C)Oc2cc(NC(=O)C(C)Oc3ccc(Cl)cc3Cl)ccc21. The van der Waals surface area contributed by atoms with E-state index < -0.39 is 12.2 Å². The molecule has 2 unspecified atom stereocenters. The number of fused-ring (bicyclic) bond motifs is 1. The Morgan fingerprint density at radius 2 is 2.03 bits per heavy atom. The van der Waals surface area contributed by atoms with E-state index in [1.54, 1.807) is 55.1 Å². The van der Waals surface area contributed by atoms with E-state index in [9.17, 15) is 9.59 Å². The molecule has 158 valence electrons. The first kappa shape index (κ1) is 22.0. The zero-order chi connectivity index (χ0) is 22.0. The van der Waals surface area contributed by atoms with Gasteiger partial charge in [-0.15, -0.1) is 0 Å². The van der Waals surface area contributed by atoms with E-state index in [0.717, 1.165) is 5.57 Å². The maximum absolute atomic E-state index is 12.6. The molecular formula is C22H22Cl2N2O4. The fourth-order valence-electron chi connectivity index (χ4n) is 2.98. The molecule has 2 atom stereocenters. The lowest BCUT2D eigenvalue weighted by atomic mass is 10.1. The van der Waals surface area contributed by atoms with Crippen LogP contribution in [0.2, 0.25) is 10.0 Å². The highest BCUT2D eigenvalue weighted by atomic mass is 35.5. The van der Waals surface area contributed by atoms with E-state index in [-0.39, 0.29) is 11.8 Å². The topological polar surface area (TPSA) is 67.9 Å². The number of anilines is 2. The van der Waals surface area contributed by atoms with E-state index in [4.69, 9.17) is 32.7 Å². The molecule has 6 nitrogen and oxygen atoms in total. The second-order valence-corrected chi connectivity index (χ2v) is 7.99. The van der Waals surface area contributed by atoms with Gasteiger partial charge in [-0.1, -0.05) is 35.4 Å². The molecule has 0 saturated heterocycles. The number of rotatable bonds is 6. The zero-order valence-corrected chi connectivity index (χ0v) is 18.4. The van der Waals surface area contributed by atoms with Gasteiger partial charge in [-0.2, -0.15) is 0 Å². The van der Waals surface area contributed by atoms with Crippen molar-refractivity contribution >= 4 is 46.4 Å². The van der Waals surface area contributed by atoms with Crippen LogP contribution >= 0.6 is 23.2 Å². The lowest BCUT2D eigenvalue weighted by Crippen LogP contribution is -2.45. The van der Waals surface area contributed by atoms with Crippen LogP contribution in [-0.4, -0.2) is 30.6 Å². The number of carbonyl (C=O) groups is 2. The summed E-state index contributed by atoms with van der Waals surface area (Å²) in [5, 5.41) is 3.59. The van der Waals surface area contributed by atoms with Gasteiger partial charge in [-0.05, 0) is 51.1 Å². The largest absolute Gasteiger partial charge is 0.479 e. The van der Waals surface area contributed by atoms with E-state index in [0.29, 0.717) is 39.5 Å². The highest BCUT2D eigenvalue weighted by Crippen LogP contribution is 2.37. The van der Waals surface area contributed by atoms with Crippen LogP contribution in [0.25, 0.3) is 0 Å². The molecule has 2 amide bonds. The molecule has 0 saturated carbocycles. The molecule has 2 aromatic carbocycles. The maximum Gasteiger partial charge on any atom is 0.268 e. The molecule has 3 rings (SSSR count). The highest BCUT2D eigenvalue weighted by Gasteiger charge is 2.31. The van der Waals surface area contributed by atoms with Crippen molar-refractivity contribution in [1.82, 2.24) is 0 Å². The number of nitrogens with one attached hydrogen (secondary N) is 1. The van der Waals surface area contributed by atoms with Crippen molar-refractivity contribution in [3.63, 3.8) is 0 Å². The van der Waals surface area contributed by atoms with Crippen LogP contribution in [0.5, 0.6) is 11.5 Å². The summed E-state index contributed by atoms with van der Waals surface area (Å²) in [7, 11) is 0. The third-order valence-electron chi connectivity index (χ3n) is 4.43. The Morgan fingerprint density at radius 1 is 1.30 bits per heavy atom. The van der Waals surface area contributed by atoms with Gasteiger partial charge in [0.25, 0.3) is 11.8 Å². The van der Waals surface area contributed by atoms with Crippen LogP contribution in [0.1, 0.15) is 20.8 Å². The van der Waals surface area contributed by atoms with Gasteiger partial charge in [0.2, 0.25) is 0 Å². The minimum Gasteiger partial charge on any atom is -0.479 e. The fourth-order valence-corrected chi connectivity index (χ4v) is 3.43. The molecule has 1 aliphatic heterocycles. The van der Waals surface area contributed by atoms with Crippen molar-refractivity contribution in [2.24, 2.45) is 0 Å². The smallest absolute Gasteiger partial charge is 0.268 e. The van der Waals surface area contributed by atoms with E-state index in [1.165, 1.54) is 0 Å². The summed E-state index contributed by atoms with van der Waals surface area (Å²) in [5.74, 6) is 0.375. The summed E-state index contributed by atoms with van der Waals surface area (Å²) >= 11 is 12.0. The Morgan fingerprint density at radius 3 is 2.70 bits per heavy atom. The van der Waals surface area contributed by atoms with Gasteiger partial charge in [-0.25, -0.2) is 0 Å². The second kappa shape index (κ2) is 8.98. The number of carbonyl (C=O) groups excluding carboxylic acids is 2. The van der Waals surface area contributed by atoms with Crippen molar-refractivity contribution in [3.8, 4) is 11.5 Å². The van der Waals surface area contributed by atoms with Gasteiger partial charge < -0.3 is 19.7 Å². The Labute approximate surface area is 185 Å². The molecule has 1 heterocycles. The number of benzene rings is 2. The van der Waals surface area contributed by atoms with Crippen molar-refractivity contribution < 1.29 is 19.1 Å². The standard InChI is InChI=1S/C22H22Cl2N2O4/c1-12(2)11-26-18-7-6-16(10-20(18)30-14(4)22(26)28)25-21(27)13(3)29-19-8-5-15(23)9-17(19)24/h5-10,13-14H,1,11H2,2-4H3,(H,25,27). The minimum absolute atomic E-state index is 0.135. The monoisotopic (exact) mass is 448 g/mol. The van der Waals surface area contributed by atoms with E-state index >= 15 is 0 Å². The molecule has 1 aliphatic rings. The molecule has 1 N–H and O–H groups in total. The fraction of sp³-hybridized carbons (Fsp3) is 0.273. The first-order chi connectivity index (χ1) is 14.2. The Hall–Kier alpha value is -2.70. The minimum atomic E-state index is -0.805. The van der Waals surface area contributed by atoms with Crippen LogP contribution < -0.4 is 19.7 Å². The van der Waals surface area contributed by atoms with Crippen molar-refractivity contribution in [2.45, 2.75) is 33.0 Å².